The second-order valence-corrected chi connectivity index (χ2v) is 10.4. The molecule has 10 nitrogen and oxygen atoms in total. The molecule has 0 bridgehead atoms. The van der Waals surface area contributed by atoms with Gasteiger partial charge < -0.3 is 23.7 Å². The lowest BCUT2D eigenvalue weighted by atomic mass is 9.95. The number of aromatic nitrogens is 1. The van der Waals surface area contributed by atoms with Gasteiger partial charge >= 0.3 is 11.9 Å². The summed E-state index contributed by atoms with van der Waals surface area (Å²) in [5, 5.41) is 0. The van der Waals surface area contributed by atoms with Crippen LogP contribution in [0.3, 0.4) is 0 Å². The Morgan fingerprint density at radius 1 is 1.02 bits per heavy atom. The molecule has 0 amide bonds. The maximum Gasteiger partial charge on any atom is 0.338 e. The molecule has 1 unspecified atom stereocenters. The summed E-state index contributed by atoms with van der Waals surface area (Å²) in [5.41, 5.74) is 1.63. The number of thiazole rings is 1. The van der Waals surface area contributed by atoms with Gasteiger partial charge in [-0.15, -0.1) is 0 Å². The van der Waals surface area contributed by atoms with Crippen LogP contribution in [-0.2, 0) is 14.3 Å². The third-order valence-corrected chi connectivity index (χ3v) is 7.50. The highest BCUT2D eigenvalue weighted by atomic mass is 32.1. The van der Waals surface area contributed by atoms with Crippen LogP contribution in [-0.4, -0.2) is 43.9 Å². The van der Waals surface area contributed by atoms with Crippen molar-refractivity contribution in [3.05, 3.63) is 78.5 Å². The first kappa shape index (κ1) is 30.6. The van der Waals surface area contributed by atoms with Crippen molar-refractivity contribution in [3.63, 3.8) is 0 Å². The molecule has 1 aliphatic heterocycles. The molecule has 0 radical (unpaired) electrons. The van der Waals surface area contributed by atoms with Crippen LogP contribution in [0.5, 0.6) is 23.0 Å². The first-order valence-electron chi connectivity index (χ1n) is 13.6. The maximum absolute atomic E-state index is 13.9. The van der Waals surface area contributed by atoms with E-state index >= 15 is 0 Å². The van der Waals surface area contributed by atoms with Crippen LogP contribution in [0.15, 0.2) is 57.5 Å². The van der Waals surface area contributed by atoms with E-state index in [9.17, 15) is 14.4 Å². The number of methoxy groups -OCH3 is 2. The number of rotatable bonds is 11. The van der Waals surface area contributed by atoms with Crippen molar-refractivity contribution in [3.8, 4) is 23.0 Å². The van der Waals surface area contributed by atoms with E-state index in [0.29, 0.717) is 38.7 Å². The van der Waals surface area contributed by atoms with E-state index in [2.05, 4.69) is 11.9 Å². The average Bonchev–Trinajstić information content (AvgIpc) is 3.26. The molecule has 222 valence electrons. The first-order chi connectivity index (χ1) is 20.2. The summed E-state index contributed by atoms with van der Waals surface area (Å²) < 4.78 is 29.3. The van der Waals surface area contributed by atoms with Crippen molar-refractivity contribution in [1.82, 2.24) is 4.57 Å². The summed E-state index contributed by atoms with van der Waals surface area (Å²) in [7, 11) is 3.01. The van der Waals surface area contributed by atoms with Crippen molar-refractivity contribution < 1.29 is 33.3 Å². The van der Waals surface area contributed by atoms with Gasteiger partial charge in [0.15, 0.2) is 27.8 Å². The molecule has 42 heavy (non-hydrogen) atoms. The van der Waals surface area contributed by atoms with Crippen LogP contribution in [0.25, 0.3) is 6.08 Å². The molecule has 0 saturated heterocycles. The number of carbonyl (C=O) groups excluding carboxylic acids is 2. The van der Waals surface area contributed by atoms with E-state index < -0.39 is 18.0 Å². The molecule has 0 N–H and O–H groups in total. The number of carbonyl (C=O) groups is 2. The Bertz CT molecular complexity index is 1700. The monoisotopic (exact) mass is 594 g/mol. The molecule has 3 aromatic rings. The number of hydrogen-bond acceptors (Lipinski definition) is 10. The molecule has 2 aromatic carbocycles. The van der Waals surface area contributed by atoms with E-state index in [-0.39, 0.29) is 29.2 Å². The van der Waals surface area contributed by atoms with Crippen molar-refractivity contribution >= 4 is 29.4 Å². The molecule has 4 rings (SSSR count). The quantitative estimate of drug-likeness (QED) is 0.187. The second-order valence-electron chi connectivity index (χ2n) is 9.42. The number of esters is 2. The van der Waals surface area contributed by atoms with E-state index in [1.807, 2.05) is 18.2 Å². The first-order valence-corrected chi connectivity index (χ1v) is 14.4. The molecule has 0 aliphatic carbocycles. The highest BCUT2D eigenvalue weighted by Gasteiger charge is 2.34. The maximum atomic E-state index is 13.9. The fourth-order valence-electron chi connectivity index (χ4n) is 4.57. The smallest absolute Gasteiger partial charge is 0.338 e. The summed E-state index contributed by atoms with van der Waals surface area (Å²) in [6.07, 6.45) is 3.70. The van der Waals surface area contributed by atoms with Gasteiger partial charge in [0, 0.05) is 6.92 Å². The molecule has 1 aliphatic rings. The van der Waals surface area contributed by atoms with E-state index in [4.69, 9.17) is 23.7 Å². The van der Waals surface area contributed by atoms with Crippen LogP contribution in [0.4, 0.5) is 0 Å². The van der Waals surface area contributed by atoms with Crippen LogP contribution in [0, 0.1) is 0 Å². The molecule has 0 fully saturated rings. The largest absolute Gasteiger partial charge is 0.493 e. The third-order valence-electron chi connectivity index (χ3n) is 6.52. The lowest BCUT2D eigenvalue weighted by molar-refractivity contribution is -0.139. The fraction of sp³-hybridized carbons (Fsp3) is 0.355. The topological polar surface area (TPSA) is 115 Å². The Morgan fingerprint density at radius 3 is 2.40 bits per heavy atom. The number of hydrogen-bond donors (Lipinski definition) is 0. The van der Waals surface area contributed by atoms with Gasteiger partial charge in [0.25, 0.3) is 5.56 Å². The van der Waals surface area contributed by atoms with Gasteiger partial charge in [-0.25, -0.2) is 9.79 Å². The highest BCUT2D eigenvalue weighted by molar-refractivity contribution is 7.07. The number of unbranched alkanes of at least 4 members (excludes halogenated alkanes) is 1. The predicted molar refractivity (Wildman–Crippen MR) is 158 cm³/mol. The highest BCUT2D eigenvalue weighted by Crippen LogP contribution is 2.36. The van der Waals surface area contributed by atoms with Gasteiger partial charge in [-0.1, -0.05) is 36.8 Å². The molecular weight excluding hydrogens is 560 g/mol. The van der Waals surface area contributed by atoms with Gasteiger partial charge in [-0.05, 0) is 61.7 Å². The predicted octanol–water partition coefficient (Wildman–Crippen LogP) is 3.92. The zero-order valence-electron chi connectivity index (χ0n) is 24.5. The third kappa shape index (κ3) is 6.41. The molecular formula is C31H34N2O8S. The average molecular weight is 595 g/mol. The summed E-state index contributed by atoms with van der Waals surface area (Å²) >= 11 is 1.21. The molecule has 2 heterocycles. The van der Waals surface area contributed by atoms with Crippen molar-refractivity contribution in [2.75, 3.05) is 27.4 Å². The Hall–Kier alpha value is -4.38. The Kier molecular flexibility index (Phi) is 9.84. The number of nitrogens with zero attached hydrogens (tertiary/aromatic N) is 2. The van der Waals surface area contributed by atoms with Crippen LogP contribution in [0.1, 0.15) is 57.7 Å². The standard InChI is InChI=1S/C31H34N2O8S/c1-7-9-14-40-22-12-10-20(15-24(22)37-5)16-26-29(35)33-28(21-11-13-23(41-19(4)34)25(17-21)38-6)27(30(36)39-8-2)18(3)32-31(33)42-26/h10-13,15-17,28H,7-9,14H2,1-6H3/b26-16-. The molecule has 0 saturated carbocycles. The molecule has 1 aromatic heterocycles. The number of benzene rings is 2. The van der Waals surface area contributed by atoms with Gasteiger partial charge in [0.1, 0.15) is 0 Å². The Balaban J connectivity index is 1.86. The van der Waals surface area contributed by atoms with E-state index in [1.54, 1.807) is 45.2 Å². The van der Waals surface area contributed by atoms with Crippen LogP contribution >= 0.6 is 11.3 Å². The molecule has 1 atom stereocenters. The fourth-order valence-corrected chi connectivity index (χ4v) is 5.62. The lowest BCUT2D eigenvalue weighted by Gasteiger charge is -2.25. The Morgan fingerprint density at radius 2 is 1.74 bits per heavy atom. The van der Waals surface area contributed by atoms with Crippen molar-refractivity contribution in [2.24, 2.45) is 4.99 Å². The normalized spacial score (nSPS) is 14.6. The number of fused-ring (bicyclic) bond motifs is 1. The minimum atomic E-state index is -0.855. The van der Waals surface area contributed by atoms with Gasteiger partial charge in [0.2, 0.25) is 0 Å². The summed E-state index contributed by atoms with van der Waals surface area (Å²) in [5.74, 6) is 0.599. The zero-order chi connectivity index (χ0) is 30.4. The van der Waals surface area contributed by atoms with Crippen molar-refractivity contribution in [2.45, 2.75) is 46.6 Å². The minimum Gasteiger partial charge on any atom is -0.493 e. The zero-order valence-corrected chi connectivity index (χ0v) is 25.3. The van der Waals surface area contributed by atoms with Gasteiger partial charge in [0.05, 0.1) is 49.3 Å². The van der Waals surface area contributed by atoms with Crippen molar-refractivity contribution in [1.29, 1.82) is 0 Å². The van der Waals surface area contributed by atoms with E-state index in [1.165, 1.54) is 29.9 Å². The minimum absolute atomic E-state index is 0.154. The number of ether oxygens (including phenoxy) is 5. The molecule has 0 spiro atoms. The van der Waals surface area contributed by atoms with Gasteiger partial charge in [-0.3, -0.25) is 14.2 Å². The summed E-state index contributed by atoms with van der Waals surface area (Å²) in [6.45, 7) is 7.54. The van der Waals surface area contributed by atoms with Crippen LogP contribution < -0.4 is 33.8 Å². The van der Waals surface area contributed by atoms with Crippen LogP contribution in [0.2, 0.25) is 0 Å². The SMILES string of the molecule is CCCCOc1ccc(/C=c2\sc3n(c2=O)C(c2ccc(OC(C)=O)c(OC)c2)C(C(=O)OCC)=C(C)N=3)cc1OC. The lowest BCUT2D eigenvalue weighted by Crippen LogP contribution is -2.40. The van der Waals surface area contributed by atoms with Gasteiger partial charge in [-0.2, -0.15) is 0 Å². The second kappa shape index (κ2) is 13.5. The summed E-state index contributed by atoms with van der Waals surface area (Å²) in [4.78, 5) is 43.8. The summed E-state index contributed by atoms with van der Waals surface area (Å²) in [6, 6.07) is 9.52. The molecule has 11 heteroatoms. The Labute approximate surface area is 247 Å². The number of allylic oxidation sites excluding steroid dienone is 1. The van der Waals surface area contributed by atoms with E-state index in [0.717, 1.165) is 18.4 Å².